The zero-order valence-electron chi connectivity index (χ0n) is 17.1. The number of benzene rings is 2. The van der Waals surface area contributed by atoms with Crippen molar-refractivity contribution in [3.8, 4) is 17.3 Å². The van der Waals surface area contributed by atoms with Gasteiger partial charge in [-0.05, 0) is 37.1 Å². The van der Waals surface area contributed by atoms with E-state index in [0.717, 1.165) is 16.8 Å². The van der Waals surface area contributed by atoms with Gasteiger partial charge in [0, 0.05) is 6.54 Å². The maximum absolute atomic E-state index is 13.0. The number of anilines is 2. The lowest BCUT2D eigenvalue weighted by atomic mass is 10.1. The Labute approximate surface area is 184 Å². The van der Waals surface area contributed by atoms with Crippen LogP contribution < -0.4 is 11.1 Å². The van der Waals surface area contributed by atoms with Gasteiger partial charge in [-0.2, -0.15) is 5.26 Å². The molecule has 31 heavy (non-hydrogen) atoms. The molecular formula is C23H20N6OS. The summed E-state index contributed by atoms with van der Waals surface area (Å²) in [6.07, 6.45) is 1.35. The number of nitrogen functional groups attached to an aromatic ring is 1. The zero-order chi connectivity index (χ0) is 22.1. The molecule has 3 N–H and O–H groups in total. The fourth-order valence-electron chi connectivity index (χ4n) is 3.65. The molecule has 2 aromatic heterocycles. The van der Waals surface area contributed by atoms with Crippen molar-refractivity contribution < 1.29 is 4.79 Å². The lowest BCUT2D eigenvalue weighted by Crippen LogP contribution is -2.21. The highest BCUT2D eigenvalue weighted by Crippen LogP contribution is 2.33. The summed E-state index contributed by atoms with van der Waals surface area (Å²) in [6, 6.07) is 16.8. The number of nitrogens with two attached hydrogens (primary N) is 1. The Morgan fingerprint density at radius 3 is 2.68 bits per heavy atom. The molecule has 4 rings (SSSR count). The maximum atomic E-state index is 13.0. The minimum absolute atomic E-state index is 0.272. The van der Waals surface area contributed by atoms with E-state index in [-0.39, 0.29) is 4.64 Å². The van der Waals surface area contributed by atoms with Crippen LogP contribution in [0.4, 0.5) is 16.2 Å². The standard InChI is InChI=1S/C23H20N6OS/c1-3-28-20(15-7-5-4-6-8-15)16(12-24)19-21(28)22(31)29(13-26-19)23(30)27-18-11-14(2)9-10-17(18)25/h4-11,13H,3,25H2,1-2H3,(H,27,30). The first-order chi connectivity index (χ1) is 15.0. The monoisotopic (exact) mass is 428 g/mol. The highest BCUT2D eigenvalue weighted by molar-refractivity contribution is 7.71. The van der Waals surface area contributed by atoms with E-state index in [2.05, 4.69) is 16.4 Å². The molecule has 0 bridgehead atoms. The van der Waals surface area contributed by atoms with Crippen molar-refractivity contribution in [3.05, 3.63) is 70.6 Å². The molecule has 8 heteroatoms. The number of nitrogens with zero attached hydrogens (tertiary/aromatic N) is 4. The van der Waals surface area contributed by atoms with E-state index in [4.69, 9.17) is 18.0 Å². The predicted octanol–water partition coefficient (Wildman–Crippen LogP) is 5.10. The molecule has 0 fully saturated rings. The lowest BCUT2D eigenvalue weighted by molar-refractivity contribution is 0.253. The molecule has 0 atom stereocenters. The summed E-state index contributed by atoms with van der Waals surface area (Å²) in [5.74, 6) is 0. The van der Waals surface area contributed by atoms with Gasteiger partial charge in [-0.25, -0.2) is 14.3 Å². The Morgan fingerprint density at radius 1 is 1.26 bits per heavy atom. The predicted molar refractivity (Wildman–Crippen MR) is 124 cm³/mol. The number of amides is 1. The average molecular weight is 429 g/mol. The minimum atomic E-state index is -0.472. The van der Waals surface area contributed by atoms with Gasteiger partial charge in [-0.3, -0.25) is 0 Å². The summed E-state index contributed by atoms with van der Waals surface area (Å²) >= 11 is 5.67. The van der Waals surface area contributed by atoms with Crippen molar-refractivity contribution in [2.24, 2.45) is 0 Å². The molecule has 4 aromatic rings. The van der Waals surface area contributed by atoms with Crippen LogP contribution in [-0.4, -0.2) is 20.1 Å². The Morgan fingerprint density at radius 2 is 2.00 bits per heavy atom. The molecule has 0 spiro atoms. The van der Waals surface area contributed by atoms with E-state index >= 15 is 0 Å². The molecule has 7 nitrogen and oxygen atoms in total. The second kappa shape index (κ2) is 8.05. The largest absolute Gasteiger partial charge is 0.397 e. The molecule has 0 aliphatic rings. The molecule has 1 amide bonds. The van der Waals surface area contributed by atoms with E-state index in [1.54, 1.807) is 12.1 Å². The molecule has 154 valence electrons. The van der Waals surface area contributed by atoms with Crippen LogP contribution in [0.3, 0.4) is 0 Å². The number of nitriles is 1. The van der Waals surface area contributed by atoms with Gasteiger partial charge in [0.15, 0.2) is 0 Å². The Kier molecular flexibility index (Phi) is 5.28. The van der Waals surface area contributed by atoms with Crippen LogP contribution in [0.15, 0.2) is 54.9 Å². The van der Waals surface area contributed by atoms with Gasteiger partial charge in [0.25, 0.3) is 0 Å². The van der Waals surface area contributed by atoms with Crippen LogP contribution in [0.1, 0.15) is 18.1 Å². The third kappa shape index (κ3) is 3.45. The number of rotatable bonds is 3. The molecule has 2 heterocycles. The first-order valence-corrected chi connectivity index (χ1v) is 10.1. The van der Waals surface area contributed by atoms with Gasteiger partial charge in [0.2, 0.25) is 0 Å². The molecule has 2 aromatic carbocycles. The SMILES string of the molecule is CCn1c(-c2ccccc2)c(C#N)c2ncn(C(=O)Nc3cc(C)ccc3N)c(=S)c21. The summed E-state index contributed by atoms with van der Waals surface area (Å²) in [5, 5.41) is 12.7. The fourth-order valence-corrected chi connectivity index (χ4v) is 3.98. The molecule has 0 aliphatic heterocycles. The number of nitrogens with one attached hydrogen (secondary N) is 1. The molecule has 0 saturated carbocycles. The van der Waals surface area contributed by atoms with Crippen molar-refractivity contribution in [3.63, 3.8) is 0 Å². The number of fused-ring (bicyclic) bond motifs is 1. The maximum Gasteiger partial charge on any atom is 0.332 e. The smallest absolute Gasteiger partial charge is 0.332 e. The number of hydrogen-bond acceptors (Lipinski definition) is 5. The van der Waals surface area contributed by atoms with E-state index in [1.165, 1.54) is 10.9 Å². The van der Waals surface area contributed by atoms with Crippen LogP contribution in [-0.2, 0) is 6.54 Å². The first-order valence-electron chi connectivity index (χ1n) is 9.73. The van der Waals surface area contributed by atoms with E-state index in [1.807, 2.05) is 54.8 Å². The normalized spacial score (nSPS) is 10.7. The number of aromatic nitrogens is 3. The van der Waals surface area contributed by atoms with Gasteiger partial charge < -0.3 is 15.6 Å². The van der Waals surface area contributed by atoms with Crippen molar-refractivity contribution in [2.75, 3.05) is 11.1 Å². The number of hydrogen-bond donors (Lipinski definition) is 2. The zero-order valence-corrected chi connectivity index (χ0v) is 17.9. The average Bonchev–Trinajstić information content (AvgIpc) is 3.11. The van der Waals surface area contributed by atoms with E-state index in [9.17, 15) is 10.1 Å². The molecule has 0 saturated heterocycles. The van der Waals surface area contributed by atoms with Crippen LogP contribution >= 0.6 is 12.2 Å². The molecular weight excluding hydrogens is 408 g/mol. The third-order valence-corrected chi connectivity index (χ3v) is 5.50. The first kappa shape index (κ1) is 20.3. The number of carbonyl (C=O) groups excluding carboxylic acids is 1. The summed E-state index contributed by atoms with van der Waals surface area (Å²) < 4.78 is 3.47. The van der Waals surface area contributed by atoms with Crippen LogP contribution in [0.2, 0.25) is 0 Å². The Hall–Kier alpha value is -3.96. The minimum Gasteiger partial charge on any atom is -0.397 e. The van der Waals surface area contributed by atoms with E-state index < -0.39 is 6.03 Å². The van der Waals surface area contributed by atoms with Gasteiger partial charge >= 0.3 is 6.03 Å². The van der Waals surface area contributed by atoms with Crippen molar-refractivity contribution in [1.82, 2.24) is 14.1 Å². The molecule has 0 unspecified atom stereocenters. The van der Waals surface area contributed by atoms with Gasteiger partial charge in [-0.15, -0.1) is 0 Å². The Balaban J connectivity index is 1.90. The molecule has 0 radical (unpaired) electrons. The summed E-state index contributed by atoms with van der Waals surface area (Å²) in [4.78, 5) is 17.4. The van der Waals surface area contributed by atoms with Gasteiger partial charge in [-0.1, -0.05) is 48.6 Å². The summed E-state index contributed by atoms with van der Waals surface area (Å²) in [6.45, 7) is 4.44. The van der Waals surface area contributed by atoms with Crippen LogP contribution in [0, 0.1) is 22.9 Å². The van der Waals surface area contributed by atoms with Crippen molar-refractivity contribution >= 4 is 40.7 Å². The highest BCUT2D eigenvalue weighted by atomic mass is 32.1. The van der Waals surface area contributed by atoms with Crippen LogP contribution in [0.5, 0.6) is 0 Å². The summed E-state index contributed by atoms with van der Waals surface area (Å²) in [7, 11) is 0. The number of aryl methyl sites for hydroxylation is 2. The van der Waals surface area contributed by atoms with Crippen LogP contribution in [0.25, 0.3) is 22.3 Å². The topological polar surface area (TPSA) is 102 Å². The lowest BCUT2D eigenvalue weighted by Gasteiger charge is -2.12. The summed E-state index contributed by atoms with van der Waals surface area (Å²) in [5.41, 5.74) is 11.0. The molecule has 0 aliphatic carbocycles. The fraction of sp³-hybridized carbons (Fsp3) is 0.130. The quantitative estimate of drug-likeness (QED) is 0.349. The van der Waals surface area contributed by atoms with Gasteiger partial charge in [0.1, 0.15) is 33.6 Å². The van der Waals surface area contributed by atoms with E-state index in [0.29, 0.717) is 34.5 Å². The Bertz CT molecular complexity index is 1410. The highest BCUT2D eigenvalue weighted by Gasteiger charge is 2.22. The number of carbonyl (C=O) groups is 1. The van der Waals surface area contributed by atoms with Gasteiger partial charge in [0.05, 0.1) is 17.1 Å². The third-order valence-electron chi connectivity index (χ3n) is 5.11. The second-order valence-electron chi connectivity index (χ2n) is 7.08. The van der Waals surface area contributed by atoms with Crippen molar-refractivity contribution in [2.45, 2.75) is 20.4 Å². The van der Waals surface area contributed by atoms with Crippen molar-refractivity contribution in [1.29, 1.82) is 5.26 Å². The second-order valence-corrected chi connectivity index (χ2v) is 7.47.